The van der Waals surface area contributed by atoms with Gasteiger partial charge in [0.05, 0.1) is 12.2 Å². The Morgan fingerprint density at radius 1 is 0.974 bits per heavy atom. The van der Waals surface area contributed by atoms with Gasteiger partial charge in [-0.3, -0.25) is 14.3 Å². The van der Waals surface area contributed by atoms with Crippen LogP contribution in [0.4, 0.5) is 5.69 Å². The molecule has 0 saturated carbocycles. The zero-order valence-corrected chi connectivity index (χ0v) is 22.4. The van der Waals surface area contributed by atoms with Gasteiger partial charge in [0, 0.05) is 47.2 Å². The molecular weight excluding hydrogens is 525 g/mol. The average Bonchev–Trinajstić information content (AvgIpc) is 3.17. The molecule has 0 bridgehead atoms. The van der Waals surface area contributed by atoms with E-state index in [0.29, 0.717) is 40.0 Å². The quantitative estimate of drug-likeness (QED) is 0.270. The number of halogens is 2. The Labute approximate surface area is 230 Å². The summed E-state index contributed by atoms with van der Waals surface area (Å²) in [6.45, 7) is 4.54. The fourth-order valence-corrected chi connectivity index (χ4v) is 4.75. The maximum absolute atomic E-state index is 12.8. The van der Waals surface area contributed by atoms with Crippen LogP contribution in [0.15, 0.2) is 77.0 Å². The molecule has 38 heavy (non-hydrogen) atoms. The highest BCUT2D eigenvalue weighted by atomic mass is 35.5. The lowest BCUT2D eigenvalue weighted by atomic mass is 10.2. The summed E-state index contributed by atoms with van der Waals surface area (Å²) in [6.07, 6.45) is 0. The zero-order chi connectivity index (χ0) is 26.6. The van der Waals surface area contributed by atoms with Crippen molar-refractivity contribution >= 4 is 45.7 Å². The van der Waals surface area contributed by atoms with Crippen LogP contribution in [0.3, 0.4) is 0 Å². The number of carbonyl (C=O) groups is 1. The van der Waals surface area contributed by atoms with Crippen molar-refractivity contribution < 1.29 is 14.6 Å². The number of nitrogens with zero attached hydrogens (tertiary/aromatic N) is 5. The van der Waals surface area contributed by atoms with Crippen molar-refractivity contribution in [1.29, 1.82) is 0 Å². The number of piperazine rings is 1. The van der Waals surface area contributed by atoms with Crippen molar-refractivity contribution in [2.24, 2.45) is 10.2 Å². The van der Waals surface area contributed by atoms with Gasteiger partial charge < -0.3 is 14.7 Å². The van der Waals surface area contributed by atoms with Crippen LogP contribution in [0.1, 0.15) is 15.9 Å². The van der Waals surface area contributed by atoms with E-state index in [1.165, 1.54) is 0 Å². The summed E-state index contributed by atoms with van der Waals surface area (Å²) in [5.41, 5.74) is 2.28. The Hall–Kier alpha value is -3.43. The number of hydrogen-bond donors (Lipinski definition) is 1. The minimum absolute atomic E-state index is 0.0532. The van der Waals surface area contributed by atoms with E-state index in [2.05, 4.69) is 27.1 Å². The van der Waals surface area contributed by atoms with E-state index in [0.717, 1.165) is 37.3 Å². The van der Waals surface area contributed by atoms with Crippen LogP contribution >= 0.6 is 23.2 Å². The molecule has 0 radical (unpaired) electrons. The van der Waals surface area contributed by atoms with Gasteiger partial charge in [0.2, 0.25) is 5.88 Å². The fraction of sp³-hybridized carbons (Fsp3) is 0.250. The summed E-state index contributed by atoms with van der Waals surface area (Å²) in [5.74, 6) is 0.0213. The third-order valence-corrected chi connectivity index (χ3v) is 7.02. The van der Waals surface area contributed by atoms with Crippen LogP contribution in [-0.2, 0) is 13.3 Å². The van der Waals surface area contributed by atoms with E-state index in [1.54, 1.807) is 47.0 Å². The Morgan fingerprint density at radius 3 is 2.45 bits per heavy atom. The van der Waals surface area contributed by atoms with Gasteiger partial charge in [-0.1, -0.05) is 35.3 Å². The van der Waals surface area contributed by atoms with Gasteiger partial charge in [-0.05, 0) is 67.2 Å². The number of ether oxygens (including phenoxy) is 1. The molecule has 1 aliphatic rings. The molecule has 8 nitrogen and oxygen atoms in total. The van der Waals surface area contributed by atoms with E-state index in [-0.39, 0.29) is 11.6 Å². The lowest BCUT2D eigenvalue weighted by molar-refractivity contribution is 0.0995. The van der Waals surface area contributed by atoms with Crippen LogP contribution in [0, 0.1) is 0 Å². The van der Waals surface area contributed by atoms with Crippen molar-refractivity contribution in [2.75, 3.05) is 33.2 Å². The summed E-state index contributed by atoms with van der Waals surface area (Å²) in [4.78, 5) is 17.3. The minimum Gasteiger partial charge on any atom is -0.493 e. The van der Waals surface area contributed by atoms with Crippen molar-refractivity contribution in [3.63, 3.8) is 0 Å². The molecule has 1 aliphatic heterocycles. The second-order valence-corrected chi connectivity index (χ2v) is 10.1. The van der Waals surface area contributed by atoms with Gasteiger partial charge in [-0.2, -0.15) is 0 Å². The lowest BCUT2D eigenvalue weighted by Crippen LogP contribution is -2.44. The number of azo groups is 1. The number of likely N-dealkylation sites (N-methyl/N-ethyl adjacent to an activating group) is 1. The second-order valence-electron chi connectivity index (χ2n) is 9.27. The predicted octanol–water partition coefficient (Wildman–Crippen LogP) is 6.36. The van der Waals surface area contributed by atoms with Crippen molar-refractivity contribution in [2.45, 2.75) is 13.3 Å². The van der Waals surface area contributed by atoms with E-state index >= 15 is 0 Å². The highest BCUT2D eigenvalue weighted by Crippen LogP contribution is 2.40. The molecule has 1 amide bonds. The first-order chi connectivity index (χ1) is 18.4. The van der Waals surface area contributed by atoms with Gasteiger partial charge in [-0.25, -0.2) is 0 Å². The number of benzene rings is 3. The molecule has 5 rings (SSSR count). The van der Waals surface area contributed by atoms with Crippen LogP contribution in [-0.4, -0.2) is 58.6 Å². The van der Waals surface area contributed by atoms with Gasteiger partial charge in [-0.15, -0.1) is 10.2 Å². The highest BCUT2D eigenvalue weighted by molar-refractivity contribution is 6.31. The summed E-state index contributed by atoms with van der Waals surface area (Å²) in [7, 11) is 2.10. The third-order valence-electron chi connectivity index (χ3n) is 6.55. The summed E-state index contributed by atoms with van der Waals surface area (Å²) in [5, 5.41) is 20.9. The highest BCUT2D eigenvalue weighted by Gasteiger charge is 2.21. The molecule has 1 fully saturated rings. The molecule has 4 aromatic rings. The topological polar surface area (TPSA) is 82.7 Å². The fourth-order valence-electron chi connectivity index (χ4n) is 4.37. The number of rotatable bonds is 7. The number of aromatic hydroxyl groups is 1. The Kier molecular flexibility index (Phi) is 7.95. The first-order valence-electron chi connectivity index (χ1n) is 12.2. The SMILES string of the molecule is CN1CCN(Cn2c(O)c(N=NC(=O)c3ccc(OCc4cccc(Cl)c4)cc3)c3cc(Cl)ccc32)CC1. The van der Waals surface area contributed by atoms with E-state index in [1.807, 2.05) is 24.3 Å². The maximum atomic E-state index is 12.8. The molecule has 0 aliphatic carbocycles. The molecule has 0 atom stereocenters. The van der Waals surface area contributed by atoms with Crippen LogP contribution in [0.5, 0.6) is 11.6 Å². The van der Waals surface area contributed by atoms with E-state index < -0.39 is 5.91 Å². The Bertz CT molecular complexity index is 1480. The monoisotopic (exact) mass is 551 g/mol. The van der Waals surface area contributed by atoms with Gasteiger partial charge in [0.25, 0.3) is 5.91 Å². The van der Waals surface area contributed by atoms with Crippen molar-refractivity contribution in [3.05, 3.63) is 87.9 Å². The summed E-state index contributed by atoms with van der Waals surface area (Å²) < 4.78 is 7.56. The van der Waals surface area contributed by atoms with Crippen LogP contribution < -0.4 is 4.74 Å². The van der Waals surface area contributed by atoms with Crippen LogP contribution in [0.2, 0.25) is 10.0 Å². The number of carbonyl (C=O) groups excluding carboxylic acids is 1. The summed E-state index contributed by atoms with van der Waals surface area (Å²) in [6, 6.07) is 19.4. The first kappa shape index (κ1) is 26.2. The van der Waals surface area contributed by atoms with Gasteiger partial charge >= 0.3 is 0 Å². The smallest absolute Gasteiger partial charge is 0.295 e. The molecule has 2 heterocycles. The standard InChI is InChI=1S/C28H27Cl2N5O3/c1-33-11-13-34(14-12-33)18-35-25-10-7-22(30)16-24(25)26(28(35)37)31-32-27(36)20-5-8-23(9-6-20)38-17-19-3-2-4-21(29)15-19/h2-10,15-16,37H,11-14,17-18H2,1H3. The number of amides is 1. The molecule has 10 heteroatoms. The molecule has 196 valence electrons. The minimum atomic E-state index is -0.534. The molecule has 0 unspecified atom stereocenters. The van der Waals surface area contributed by atoms with E-state index in [9.17, 15) is 9.90 Å². The first-order valence-corrected chi connectivity index (χ1v) is 13.0. The largest absolute Gasteiger partial charge is 0.493 e. The number of fused-ring (bicyclic) bond motifs is 1. The Balaban J connectivity index is 1.32. The molecule has 1 N–H and O–H groups in total. The maximum Gasteiger partial charge on any atom is 0.295 e. The van der Waals surface area contributed by atoms with Crippen molar-refractivity contribution in [3.8, 4) is 11.6 Å². The normalized spacial score (nSPS) is 14.9. The summed E-state index contributed by atoms with van der Waals surface area (Å²) >= 11 is 12.3. The Morgan fingerprint density at radius 2 is 1.71 bits per heavy atom. The average molecular weight is 552 g/mol. The van der Waals surface area contributed by atoms with Crippen molar-refractivity contribution in [1.82, 2.24) is 14.4 Å². The molecule has 3 aromatic carbocycles. The zero-order valence-electron chi connectivity index (χ0n) is 20.8. The van der Waals surface area contributed by atoms with E-state index in [4.69, 9.17) is 27.9 Å². The van der Waals surface area contributed by atoms with Gasteiger partial charge in [0.15, 0.2) is 5.69 Å². The number of hydrogen-bond acceptors (Lipinski definition) is 6. The molecule has 0 spiro atoms. The lowest BCUT2D eigenvalue weighted by Gasteiger charge is -2.32. The molecular formula is C28H27Cl2N5O3. The molecule has 1 saturated heterocycles. The van der Waals surface area contributed by atoms with Gasteiger partial charge in [0.1, 0.15) is 12.4 Å². The second kappa shape index (κ2) is 11.5. The predicted molar refractivity (Wildman–Crippen MR) is 149 cm³/mol. The third kappa shape index (κ3) is 6.00. The molecule has 1 aromatic heterocycles. The number of aromatic nitrogens is 1. The van der Waals surface area contributed by atoms with Crippen LogP contribution in [0.25, 0.3) is 10.9 Å².